The Kier molecular flexibility index (Phi) is 3.33. The number of aromatic nitrogens is 4. The normalized spacial score (nSPS) is 12.9. The van der Waals surface area contributed by atoms with Gasteiger partial charge >= 0.3 is 0 Å². The molecule has 0 saturated heterocycles. The molecule has 0 aliphatic rings. The van der Waals surface area contributed by atoms with Gasteiger partial charge in [-0.25, -0.2) is 15.4 Å². The Labute approximate surface area is 93.9 Å². The van der Waals surface area contributed by atoms with Crippen LogP contribution in [0, 0.1) is 0 Å². The van der Waals surface area contributed by atoms with Crippen molar-refractivity contribution in [1.29, 1.82) is 0 Å². The lowest BCUT2D eigenvalue weighted by molar-refractivity contribution is 0.503. The summed E-state index contributed by atoms with van der Waals surface area (Å²) in [6.07, 6.45) is 7.97. The highest BCUT2D eigenvalue weighted by Crippen LogP contribution is 2.12. The average Bonchev–Trinajstić information content (AvgIpc) is 2.96. The summed E-state index contributed by atoms with van der Waals surface area (Å²) in [6.45, 7) is 2.99. The zero-order valence-corrected chi connectivity index (χ0v) is 9.22. The van der Waals surface area contributed by atoms with Gasteiger partial charge in [0.25, 0.3) is 0 Å². The molecule has 2 rings (SSSR count). The summed E-state index contributed by atoms with van der Waals surface area (Å²) in [7, 11) is 0. The first kappa shape index (κ1) is 10.8. The minimum atomic E-state index is -0.0392. The molecule has 0 fully saturated rings. The Bertz CT molecular complexity index is 418. The van der Waals surface area contributed by atoms with E-state index in [1.165, 1.54) is 0 Å². The summed E-state index contributed by atoms with van der Waals surface area (Å²) >= 11 is 0. The highest BCUT2D eigenvalue weighted by molar-refractivity contribution is 5.02. The fraction of sp³-hybridized carbons (Fsp3) is 0.400. The topological polar surface area (TPSA) is 84.6 Å². The van der Waals surface area contributed by atoms with Crippen LogP contribution in [0.4, 0.5) is 0 Å². The molecule has 0 spiro atoms. The van der Waals surface area contributed by atoms with Crippen LogP contribution >= 0.6 is 0 Å². The predicted octanol–water partition coefficient (Wildman–Crippen LogP) is 0.373. The fourth-order valence-corrected chi connectivity index (χ4v) is 1.70. The number of rotatable bonds is 5. The fourth-order valence-electron chi connectivity index (χ4n) is 1.70. The van der Waals surface area contributed by atoms with Gasteiger partial charge in [0.15, 0.2) is 0 Å². The quantitative estimate of drug-likeness (QED) is 0.502. The zero-order valence-electron chi connectivity index (χ0n) is 9.22. The van der Waals surface area contributed by atoms with Crippen molar-refractivity contribution in [2.45, 2.75) is 25.9 Å². The minimum Gasteiger partial charge on any atom is -0.347 e. The molecule has 6 heteroatoms. The van der Waals surface area contributed by atoms with Gasteiger partial charge in [-0.1, -0.05) is 0 Å². The molecule has 6 nitrogen and oxygen atoms in total. The number of hydrogen-bond donors (Lipinski definition) is 3. The second kappa shape index (κ2) is 4.91. The number of hydrogen-bond acceptors (Lipinski definition) is 4. The van der Waals surface area contributed by atoms with E-state index in [2.05, 4.69) is 31.9 Å². The molecular formula is C10H16N6. The lowest BCUT2D eigenvalue weighted by atomic mass is 10.2. The first-order valence-electron chi connectivity index (χ1n) is 5.30. The molecule has 86 valence electrons. The molecule has 0 aliphatic heterocycles. The summed E-state index contributed by atoms with van der Waals surface area (Å²) < 4.78 is 2.09. The van der Waals surface area contributed by atoms with Crippen molar-refractivity contribution in [3.63, 3.8) is 0 Å². The van der Waals surface area contributed by atoms with Crippen molar-refractivity contribution in [3.05, 3.63) is 36.4 Å². The molecule has 0 bridgehead atoms. The van der Waals surface area contributed by atoms with E-state index in [0.717, 1.165) is 18.2 Å². The van der Waals surface area contributed by atoms with E-state index < -0.39 is 0 Å². The molecule has 0 saturated carbocycles. The van der Waals surface area contributed by atoms with Crippen LogP contribution in [0.3, 0.4) is 0 Å². The number of nitrogens with zero attached hydrogens (tertiary/aromatic N) is 3. The van der Waals surface area contributed by atoms with Gasteiger partial charge in [0.05, 0.1) is 6.04 Å². The van der Waals surface area contributed by atoms with Crippen LogP contribution in [-0.2, 0) is 13.0 Å². The molecule has 2 aromatic rings. The smallest absolute Gasteiger partial charge is 0.125 e. The van der Waals surface area contributed by atoms with E-state index in [9.17, 15) is 0 Å². The van der Waals surface area contributed by atoms with E-state index in [0.29, 0.717) is 6.42 Å². The molecular weight excluding hydrogens is 204 g/mol. The predicted molar refractivity (Wildman–Crippen MR) is 60.3 cm³/mol. The maximum Gasteiger partial charge on any atom is 0.125 e. The van der Waals surface area contributed by atoms with Crippen LogP contribution in [-0.4, -0.2) is 19.5 Å². The second-order valence-electron chi connectivity index (χ2n) is 3.53. The summed E-state index contributed by atoms with van der Waals surface area (Å²) in [5.41, 5.74) is 2.75. The van der Waals surface area contributed by atoms with Gasteiger partial charge in [0, 0.05) is 37.8 Å². The van der Waals surface area contributed by atoms with Crippen LogP contribution in [0.2, 0.25) is 0 Å². The van der Waals surface area contributed by atoms with Gasteiger partial charge in [-0.15, -0.1) is 0 Å². The molecule has 0 aromatic carbocycles. The highest BCUT2D eigenvalue weighted by Gasteiger charge is 2.15. The van der Waals surface area contributed by atoms with Gasteiger partial charge in [0.1, 0.15) is 11.6 Å². The number of H-pyrrole nitrogens is 1. The molecule has 1 unspecified atom stereocenters. The van der Waals surface area contributed by atoms with Crippen molar-refractivity contribution >= 4 is 0 Å². The number of nitrogens with one attached hydrogen (secondary N) is 2. The van der Waals surface area contributed by atoms with E-state index in [4.69, 9.17) is 5.84 Å². The van der Waals surface area contributed by atoms with Crippen molar-refractivity contribution in [2.24, 2.45) is 5.84 Å². The first-order valence-corrected chi connectivity index (χ1v) is 5.30. The number of hydrazine groups is 1. The number of aryl methyl sites for hydroxylation is 1. The maximum atomic E-state index is 5.53. The number of imidazole rings is 2. The zero-order chi connectivity index (χ0) is 11.4. The molecule has 0 radical (unpaired) electrons. The third kappa shape index (κ3) is 2.12. The molecule has 16 heavy (non-hydrogen) atoms. The minimum absolute atomic E-state index is 0.0392. The third-order valence-electron chi connectivity index (χ3n) is 2.58. The molecule has 4 N–H and O–H groups in total. The van der Waals surface area contributed by atoms with Crippen LogP contribution in [0.25, 0.3) is 0 Å². The van der Waals surface area contributed by atoms with Gasteiger partial charge in [-0.05, 0) is 6.92 Å². The summed E-state index contributed by atoms with van der Waals surface area (Å²) in [6, 6.07) is -0.0392. The van der Waals surface area contributed by atoms with Crippen molar-refractivity contribution in [1.82, 2.24) is 24.9 Å². The highest BCUT2D eigenvalue weighted by atomic mass is 15.3. The first-order chi connectivity index (χ1) is 7.85. The summed E-state index contributed by atoms with van der Waals surface area (Å²) in [5.74, 6) is 7.35. The lowest BCUT2D eigenvalue weighted by Crippen LogP contribution is -2.31. The monoisotopic (exact) mass is 220 g/mol. The van der Waals surface area contributed by atoms with E-state index in [1.807, 2.05) is 6.20 Å². The van der Waals surface area contributed by atoms with Gasteiger partial charge in [-0.2, -0.15) is 0 Å². The summed E-state index contributed by atoms with van der Waals surface area (Å²) in [5, 5.41) is 0. The van der Waals surface area contributed by atoms with Gasteiger partial charge in [0.2, 0.25) is 0 Å². The number of aromatic amines is 1. The van der Waals surface area contributed by atoms with Crippen LogP contribution in [0.5, 0.6) is 0 Å². The van der Waals surface area contributed by atoms with Crippen molar-refractivity contribution < 1.29 is 0 Å². The van der Waals surface area contributed by atoms with Crippen LogP contribution < -0.4 is 11.3 Å². The molecule has 2 heterocycles. The Balaban J connectivity index is 2.13. The summed E-state index contributed by atoms with van der Waals surface area (Å²) in [4.78, 5) is 11.5. The molecule has 1 atom stereocenters. The Morgan fingerprint density at radius 3 is 3.00 bits per heavy atom. The number of nitrogens with two attached hydrogens (primary N) is 1. The SMILES string of the molecule is CCn1ccnc1CC(NN)c1ncc[nH]1. The molecule has 0 aliphatic carbocycles. The Morgan fingerprint density at radius 2 is 2.38 bits per heavy atom. The Morgan fingerprint density at radius 1 is 1.50 bits per heavy atom. The lowest BCUT2D eigenvalue weighted by Gasteiger charge is -2.13. The van der Waals surface area contributed by atoms with Gasteiger partial charge in [-0.3, -0.25) is 5.84 Å². The van der Waals surface area contributed by atoms with E-state index in [1.54, 1.807) is 18.6 Å². The molecule has 0 amide bonds. The van der Waals surface area contributed by atoms with Crippen LogP contribution in [0.15, 0.2) is 24.8 Å². The van der Waals surface area contributed by atoms with Crippen LogP contribution in [0.1, 0.15) is 24.6 Å². The van der Waals surface area contributed by atoms with E-state index in [-0.39, 0.29) is 6.04 Å². The second-order valence-corrected chi connectivity index (χ2v) is 3.53. The third-order valence-corrected chi connectivity index (χ3v) is 2.58. The van der Waals surface area contributed by atoms with E-state index >= 15 is 0 Å². The molecule has 2 aromatic heterocycles. The Hall–Kier alpha value is -1.66. The largest absolute Gasteiger partial charge is 0.347 e. The maximum absolute atomic E-state index is 5.53. The van der Waals surface area contributed by atoms with Crippen molar-refractivity contribution in [3.8, 4) is 0 Å². The van der Waals surface area contributed by atoms with Gasteiger partial charge < -0.3 is 9.55 Å². The van der Waals surface area contributed by atoms with Crippen molar-refractivity contribution in [2.75, 3.05) is 0 Å². The standard InChI is InChI=1S/C10H16N6/c1-2-16-6-5-12-9(16)7-8(15-11)10-13-3-4-14-10/h3-6,8,15H,2,7,11H2,1H3,(H,13,14). The average molecular weight is 220 g/mol.